The standard InChI is InChI=1S/C13H14N2O2/c1-7-4-5-10(8(2)6-7)12-14-9(3)11(15-12)13(16)17/h4-6H,1-3H3,(H,14,15)(H,16,17). The summed E-state index contributed by atoms with van der Waals surface area (Å²) in [6.07, 6.45) is 0. The number of hydrogen-bond donors (Lipinski definition) is 2. The second-order valence-corrected chi connectivity index (χ2v) is 4.18. The van der Waals surface area contributed by atoms with E-state index in [-0.39, 0.29) is 5.69 Å². The summed E-state index contributed by atoms with van der Waals surface area (Å²) in [6.45, 7) is 5.72. The second kappa shape index (κ2) is 4.05. The molecule has 0 atom stereocenters. The fourth-order valence-corrected chi connectivity index (χ4v) is 1.88. The third-order valence-corrected chi connectivity index (χ3v) is 2.72. The van der Waals surface area contributed by atoms with Crippen LogP contribution in [0.5, 0.6) is 0 Å². The molecule has 17 heavy (non-hydrogen) atoms. The lowest BCUT2D eigenvalue weighted by Crippen LogP contribution is -1.98. The zero-order valence-electron chi connectivity index (χ0n) is 10.0. The van der Waals surface area contributed by atoms with E-state index in [4.69, 9.17) is 5.11 Å². The Morgan fingerprint density at radius 2 is 2.00 bits per heavy atom. The zero-order chi connectivity index (χ0) is 12.6. The number of aromatic carboxylic acids is 1. The number of benzene rings is 1. The molecular weight excluding hydrogens is 216 g/mol. The maximum Gasteiger partial charge on any atom is 0.356 e. The normalized spacial score (nSPS) is 10.5. The molecule has 0 unspecified atom stereocenters. The van der Waals surface area contributed by atoms with Gasteiger partial charge in [-0.2, -0.15) is 0 Å². The molecule has 0 spiro atoms. The van der Waals surface area contributed by atoms with Gasteiger partial charge < -0.3 is 10.1 Å². The number of hydrogen-bond acceptors (Lipinski definition) is 2. The summed E-state index contributed by atoms with van der Waals surface area (Å²) in [5.74, 6) is -0.396. The molecule has 0 aliphatic rings. The fraction of sp³-hybridized carbons (Fsp3) is 0.231. The average molecular weight is 230 g/mol. The molecule has 0 fully saturated rings. The Kier molecular flexibility index (Phi) is 2.71. The summed E-state index contributed by atoms with van der Waals surface area (Å²) in [4.78, 5) is 18.0. The summed E-state index contributed by atoms with van der Waals surface area (Å²) in [5.41, 5.74) is 3.85. The summed E-state index contributed by atoms with van der Waals surface area (Å²) in [7, 11) is 0. The first-order valence-electron chi connectivity index (χ1n) is 5.36. The van der Waals surface area contributed by atoms with Crippen molar-refractivity contribution in [2.75, 3.05) is 0 Å². The first kappa shape index (κ1) is 11.4. The Balaban J connectivity index is 2.53. The number of carboxylic acids is 1. The molecule has 0 saturated heterocycles. The molecule has 4 heteroatoms. The second-order valence-electron chi connectivity index (χ2n) is 4.18. The molecule has 1 aromatic heterocycles. The number of carbonyl (C=O) groups is 1. The number of carboxylic acid groups (broad SMARTS) is 1. The van der Waals surface area contributed by atoms with Crippen LogP contribution in [-0.4, -0.2) is 21.0 Å². The summed E-state index contributed by atoms with van der Waals surface area (Å²) >= 11 is 0. The number of imidazole rings is 1. The number of aryl methyl sites for hydroxylation is 3. The van der Waals surface area contributed by atoms with E-state index in [9.17, 15) is 4.79 Å². The van der Waals surface area contributed by atoms with E-state index in [0.29, 0.717) is 11.5 Å². The predicted molar refractivity (Wildman–Crippen MR) is 65.2 cm³/mol. The molecular formula is C13H14N2O2. The highest BCUT2D eigenvalue weighted by Crippen LogP contribution is 2.22. The number of H-pyrrole nitrogens is 1. The van der Waals surface area contributed by atoms with Crippen molar-refractivity contribution in [2.24, 2.45) is 0 Å². The lowest BCUT2D eigenvalue weighted by Gasteiger charge is -2.03. The largest absolute Gasteiger partial charge is 0.476 e. The van der Waals surface area contributed by atoms with Crippen molar-refractivity contribution < 1.29 is 9.90 Å². The highest BCUT2D eigenvalue weighted by atomic mass is 16.4. The molecule has 1 heterocycles. The number of aromatic nitrogens is 2. The van der Waals surface area contributed by atoms with Gasteiger partial charge in [-0.05, 0) is 26.3 Å². The number of nitrogens with zero attached hydrogens (tertiary/aromatic N) is 1. The fourth-order valence-electron chi connectivity index (χ4n) is 1.88. The van der Waals surface area contributed by atoms with Crippen molar-refractivity contribution in [3.05, 3.63) is 40.7 Å². The molecule has 2 rings (SSSR count). The van der Waals surface area contributed by atoms with Crippen LogP contribution in [0.3, 0.4) is 0 Å². The minimum absolute atomic E-state index is 0.0833. The Morgan fingerprint density at radius 3 is 2.53 bits per heavy atom. The highest BCUT2D eigenvalue weighted by molar-refractivity contribution is 5.87. The topological polar surface area (TPSA) is 66.0 Å². The summed E-state index contributed by atoms with van der Waals surface area (Å²) in [6, 6.07) is 5.99. The van der Waals surface area contributed by atoms with Gasteiger partial charge in [-0.15, -0.1) is 0 Å². The van der Waals surface area contributed by atoms with E-state index in [1.807, 2.05) is 32.0 Å². The van der Waals surface area contributed by atoms with Crippen LogP contribution in [0.2, 0.25) is 0 Å². The van der Waals surface area contributed by atoms with Crippen molar-refractivity contribution >= 4 is 5.97 Å². The van der Waals surface area contributed by atoms with E-state index in [0.717, 1.165) is 11.1 Å². The van der Waals surface area contributed by atoms with Crippen molar-refractivity contribution in [3.8, 4) is 11.4 Å². The van der Waals surface area contributed by atoms with Crippen LogP contribution >= 0.6 is 0 Å². The highest BCUT2D eigenvalue weighted by Gasteiger charge is 2.15. The van der Waals surface area contributed by atoms with Gasteiger partial charge in [-0.1, -0.05) is 23.8 Å². The summed E-state index contributed by atoms with van der Waals surface area (Å²) < 4.78 is 0. The van der Waals surface area contributed by atoms with Gasteiger partial charge in [-0.3, -0.25) is 0 Å². The van der Waals surface area contributed by atoms with Crippen molar-refractivity contribution in [1.82, 2.24) is 9.97 Å². The van der Waals surface area contributed by atoms with Crippen LogP contribution in [0.4, 0.5) is 0 Å². The van der Waals surface area contributed by atoms with Gasteiger partial charge in [0.2, 0.25) is 0 Å². The predicted octanol–water partition coefficient (Wildman–Crippen LogP) is 2.70. The number of nitrogens with one attached hydrogen (secondary N) is 1. The Labute approximate surface area is 99.3 Å². The summed E-state index contributed by atoms with van der Waals surface area (Å²) in [5, 5.41) is 8.96. The third kappa shape index (κ3) is 2.06. The Morgan fingerprint density at radius 1 is 1.29 bits per heavy atom. The Hall–Kier alpha value is -2.10. The molecule has 0 saturated carbocycles. The number of rotatable bonds is 2. The van der Waals surface area contributed by atoms with Crippen LogP contribution in [-0.2, 0) is 0 Å². The molecule has 2 N–H and O–H groups in total. The van der Waals surface area contributed by atoms with E-state index in [2.05, 4.69) is 9.97 Å². The van der Waals surface area contributed by atoms with Crippen LogP contribution < -0.4 is 0 Å². The van der Waals surface area contributed by atoms with Crippen molar-refractivity contribution in [2.45, 2.75) is 20.8 Å². The molecule has 0 radical (unpaired) electrons. The van der Waals surface area contributed by atoms with E-state index in [1.54, 1.807) is 6.92 Å². The maximum atomic E-state index is 10.9. The van der Waals surface area contributed by atoms with Crippen LogP contribution in [0.1, 0.15) is 27.3 Å². The van der Waals surface area contributed by atoms with Crippen LogP contribution in [0.25, 0.3) is 11.4 Å². The Bertz CT molecular complexity index is 585. The molecule has 0 aliphatic heterocycles. The van der Waals surface area contributed by atoms with Crippen molar-refractivity contribution in [3.63, 3.8) is 0 Å². The molecule has 0 amide bonds. The van der Waals surface area contributed by atoms with Crippen LogP contribution in [0, 0.1) is 20.8 Å². The zero-order valence-corrected chi connectivity index (χ0v) is 10.0. The van der Waals surface area contributed by atoms with Gasteiger partial charge in [0.05, 0.1) is 0 Å². The van der Waals surface area contributed by atoms with E-state index >= 15 is 0 Å². The molecule has 0 bridgehead atoms. The van der Waals surface area contributed by atoms with Gasteiger partial charge in [0, 0.05) is 11.3 Å². The van der Waals surface area contributed by atoms with Crippen molar-refractivity contribution in [1.29, 1.82) is 0 Å². The third-order valence-electron chi connectivity index (χ3n) is 2.72. The molecule has 4 nitrogen and oxygen atoms in total. The molecule has 1 aromatic carbocycles. The minimum atomic E-state index is -1.00. The minimum Gasteiger partial charge on any atom is -0.476 e. The average Bonchev–Trinajstić information content (AvgIpc) is 2.60. The smallest absolute Gasteiger partial charge is 0.356 e. The first-order chi connectivity index (χ1) is 7.99. The van der Waals surface area contributed by atoms with Gasteiger partial charge in [0.15, 0.2) is 5.69 Å². The molecule has 88 valence electrons. The molecule has 2 aromatic rings. The van der Waals surface area contributed by atoms with E-state index in [1.165, 1.54) is 5.56 Å². The number of aromatic amines is 1. The quantitative estimate of drug-likeness (QED) is 0.833. The van der Waals surface area contributed by atoms with Gasteiger partial charge >= 0.3 is 5.97 Å². The van der Waals surface area contributed by atoms with Crippen LogP contribution in [0.15, 0.2) is 18.2 Å². The maximum absolute atomic E-state index is 10.9. The lowest BCUT2D eigenvalue weighted by molar-refractivity contribution is 0.0690. The SMILES string of the molecule is Cc1ccc(-c2nc(C(=O)O)c(C)[nH]2)c(C)c1. The van der Waals surface area contributed by atoms with Gasteiger partial charge in [0.1, 0.15) is 5.82 Å². The van der Waals surface area contributed by atoms with E-state index < -0.39 is 5.97 Å². The lowest BCUT2D eigenvalue weighted by atomic mass is 10.1. The molecule has 0 aliphatic carbocycles. The monoisotopic (exact) mass is 230 g/mol. The van der Waals surface area contributed by atoms with Gasteiger partial charge in [-0.25, -0.2) is 9.78 Å². The first-order valence-corrected chi connectivity index (χ1v) is 5.36. The van der Waals surface area contributed by atoms with Gasteiger partial charge in [0.25, 0.3) is 0 Å².